The van der Waals surface area contributed by atoms with Gasteiger partial charge in [-0.15, -0.1) is 0 Å². The third-order valence-electron chi connectivity index (χ3n) is 4.48. The summed E-state index contributed by atoms with van der Waals surface area (Å²) in [6.45, 7) is 0.884. The summed E-state index contributed by atoms with van der Waals surface area (Å²) < 4.78 is 0. The molecule has 5 heteroatoms. The molecule has 1 aliphatic carbocycles. The minimum atomic E-state index is -0.207. The number of halogens is 1. The van der Waals surface area contributed by atoms with Crippen molar-refractivity contribution in [2.24, 2.45) is 11.8 Å². The number of carbonyl (C=O) groups excluding carboxylic acids is 1. The fourth-order valence-electron chi connectivity index (χ4n) is 3.38. The molecule has 3 N–H and O–H groups in total. The van der Waals surface area contributed by atoms with Crippen molar-refractivity contribution in [3.63, 3.8) is 0 Å². The van der Waals surface area contributed by atoms with Crippen LogP contribution in [-0.2, 0) is 11.2 Å². The summed E-state index contributed by atoms with van der Waals surface area (Å²) in [4.78, 5) is 11.5. The van der Waals surface area contributed by atoms with Gasteiger partial charge < -0.3 is 15.5 Å². The van der Waals surface area contributed by atoms with Crippen molar-refractivity contribution in [2.75, 3.05) is 6.54 Å². The van der Waals surface area contributed by atoms with Crippen molar-refractivity contribution < 1.29 is 15.0 Å². The van der Waals surface area contributed by atoms with Crippen LogP contribution in [0.3, 0.4) is 0 Å². The second-order valence-electron chi connectivity index (χ2n) is 5.85. The highest BCUT2D eigenvalue weighted by molar-refractivity contribution is 6.31. The van der Waals surface area contributed by atoms with E-state index in [-0.39, 0.29) is 23.3 Å². The van der Waals surface area contributed by atoms with Gasteiger partial charge in [0.15, 0.2) is 17.3 Å². The van der Waals surface area contributed by atoms with Crippen LogP contribution in [0.5, 0.6) is 11.5 Å². The van der Waals surface area contributed by atoms with Crippen LogP contribution in [0.25, 0.3) is 0 Å². The third kappa shape index (κ3) is 2.92. The predicted molar refractivity (Wildman–Crippen MR) is 80.6 cm³/mol. The molecule has 1 saturated heterocycles. The Morgan fingerprint density at radius 1 is 1.29 bits per heavy atom. The molecule has 1 heterocycles. The smallest absolute Gasteiger partial charge is 0.158 e. The van der Waals surface area contributed by atoms with Gasteiger partial charge in [0.1, 0.15) is 0 Å². The predicted octanol–water partition coefficient (Wildman–Crippen LogP) is 2.42. The molecule has 1 aliphatic heterocycles. The van der Waals surface area contributed by atoms with Gasteiger partial charge in [-0.1, -0.05) is 17.7 Å². The molecule has 3 atom stereocenters. The minimum absolute atomic E-state index is 0.156. The van der Waals surface area contributed by atoms with Crippen LogP contribution in [0, 0.1) is 11.8 Å². The lowest BCUT2D eigenvalue weighted by molar-refractivity contribution is -0.116. The Morgan fingerprint density at radius 2 is 2.05 bits per heavy atom. The monoisotopic (exact) mass is 307 g/mol. The van der Waals surface area contributed by atoms with Crippen molar-refractivity contribution in [3.05, 3.63) is 34.9 Å². The van der Waals surface area contributed by atoms with Gasteiger partial charge in [-0.3, -0.25) is 4.79 Å². The first-order valence-electron chi connectivity index (χ1n) is 7.19. The number of benzene rings is 1. The number of allylic oxidation sites excluding steroid dienone is 1. The molecule has 2 unspecified atom stereocenters. The molecule has 0 aromatic heterocycles. The van der Waals surface area contributed by atoms with Gasteiger partial charge in [0, 0.05) is 23.6 Å². The second-order valence-corrected chi connectivity index (χ2v) is 6.26. The minimum Gasteiger partial charge on any atom is -0.504 e. The summed E-state index contributed by atoms with van der Waals surface area (Å²) in [5.74, 6) is 0.538. The van der Waals surface area contributed by atoms with Crippen LogP contribution in [0.15, 0.2) is 24.3 Å². The van der Waals surface area contributed by atoms with Crippen LogP contribution < -0.4 is 5.32 Å². The number of phenols is 2. The first kappa shape index (κ1) is 14.4. The fraction of sp³-hybridized carbons (Fsp3) is 0.438. The van der Waals surface area contributed by atoms with Crippen molar-refractivity contribution in [2.45, 2.75) is 25.3 Å². The molecule has 1 fully saturated rings. The maximum absolute atomic E-state index is 11.5. The first-order valence-corrected chi connectivity index (χ1v) is 7.57. The lowest BCUT2D eigenvalue weighted by atomic mass is 9.73. The molecule has 21 heavy (non-hydrogen) atoms. The van der Waals surface area contributed by atoms with Crippen molar-refractivity contribution in [1.82, 2.24) is 5.32 Å². The fourth-order valence-corrected chi connectivity index (χ4v) is 3.62. The zero-order valence-corrected chi connectivity index (χ0v) is 12.3. The summed E-state index contributed by atoms with van der Waals surface area (Å²) >= 11 is 6.15. The first-order chi connectivity index (χ1) is 10.0. The van der Waals surface area contributed by atoms with Gasteiger partial charge in [0.2, 0.25) is 0 Å². The highest BCUT2D eigenvalue weighted by atomic mass is 35.5. The van der Waals surface area contributed by atoms with Crippen LogP contribution in [0.1, 0.15) is 18.4 Å². The Kier molecular flexibility index (Phi) is 3.91. The Morgan fingerprint density at radius 3 is 2.86 bits per heavy atom. The number of aromatic hydroxyl groups is 2. The largest absolute Gasteiger partial charge is 0.504 e. The van der Waals surface area contributed by atoms with Gasteiger partial charge in [-0.2, -0.15) is 0 Å². The highest BCUT2D eigenvalue weighted by Gasteiger charge is 2.34. The van der Waals surface area contributed by atoms with E-state index in [0.29, 0.717) is 29.7 Å². The number of phenolic OH excluding ortho intramolecular Hbond substituents is 2. The number of fused-ring (bicyclic) bond motifs is 1. The zero-order chi connectivity index (χ0) is 15.0. The van der Waals surface area contributed by atoms with E-state index < -0.39 is 0 Å². The van der Waals surface area contributed by atoms with Crippen molar-refractivity contribution >= 4 is 17.4 Å². The van der Waals surface area contributed by atoms with Crippen LogP contribution >= 0.6 is 11.6 Å². The molecule has 0 amide bonds. The number of rotatable bonds is 2. The summed E-state index contributed by atoms with van der Waals surface area (Å²) in [5.41, 5.74) is 0.801. The number of ketones is 1. The van der Waals surface area contributed by atoms with E-state index in [0.717, 1.165) is 18.5 Å². The Hall–Kier alpha value is -1.52. The zero-order valence-electron chi connectivity index (χ0n) is 11.6. The molecule has 0 saturated carbocycles. The SMILES string of the molecule is O=C1C=CC2C(CCN[C@@H]2Cc2cc(O)c(O)cc2Cl)C1. The molecule has 0 spiro atoms. The Balaban J connectivity index is 1.82. The van der Waals surface area contributed by atoms with E-state index in [2.05, 4.69) is 5.32 Å². The average molecular weight is 308 g/mol. The third-order valence-corrected chi connectivity index (χ3v) is 4.83. The van der Waals surface area contributed by atoms with Gasteiger partial charge in [-0.05, 0) is 48.9 Å². The number of hydrogen-bond donors (Lipinski definition) is 3. The molecule has 2 aliphatic rings. The molecule has 0 radical (unpaired) electrons. The number of nitrogens with one attached hydrogen (secondary N) is 1. The van der Waals surface area contributed by atoms with Crippen LogP contribution in [0.4, 0.5) is 0 Å². The molecule has 112 valence electrons. The Labute approximate surface area is 128 Å². The lowest BCUT2D eigenvalue weighted by Gasteiger charge is -2.39. The summed E-state index contributed by atoms with van der Waals surface area (Å²) in [5, 5.41) is 23.0. The molecular weight excluding hydrogens is 290 g/mol. The number of hydrogen-bond acceptors (Lipinski definition) is 4. The lowest BCUT2D eigenvalue weighted by Crippen LogP contribution is -2.48. The quantitative estimate of drug-likeness (QED) is 0.734. The van der Waals surface area contributed by atoms with E-state index >= 15 is 0 Å². The second kappa shape index (κ2) is 5.70. The van der Waals surface area contributed by atoms with Gasteiger partial charge >= 0.3 is 0 Å². The number of carbonyl (C=O) groups is 1. The van der Waals surface area contributed by atoms with E-state index in [1.165, 1.54) is 12.1 Å². The van der Waals surface area contributed by atoms with Crippen molar-refractivity contribution in [3.8, 4) is 11.5 Å². The standard InChI is InChI=1S/C16H18ClNO3/c17-13-8-16(21)15(20)7-10(13)6-14-12-2-1-11(19)5-9(12)3-4-18-14/h1-2,7-9,12,14,18,20-21H,3-6H2/t9?,12?,14-/m1/s1. The van der Waals surface area contributed by atoms with Gasteiger partial charge in [-0.25, -0.2) is 0 Å². The summed E-state index contributed by atoms with van der Waals surface area (Å²) in [7, 11) is 0. The van der Waals surface area contributed by atoms with E-state index in [1.54, 1.807) is 6.08 Å². The maximum Gasteiger partial charge on any atom is 0.158 e. The summed E-state index contributed by atoms with van der Waals surface area (Å²) in [6.07, 6.45) is 5.96. The topological polar surface area (TPSA) is 69.6 Å². The van der Waals surface area contributed by atoms with Gasteiger partial charge in [0.05, 0.1) is 0 Å². The van der Waals surface area contributed by atoms with E-state index in [9.17, 15) is 15.0 Å². The molecule has 1 aromatic rings. The molecule has 3 rings (SSSR count). The molecule has 1 aromatic carbocycles. The van der Waals surface area contributed by atoms with Gasteiger partial charge in [0.25, 0.3) is 0 Å². The Bertz CT molecular complexity index is 599. The van der Waals surface area contributed by atoms with E-state index in [1.807, 2.05) is 6.08 Å². The normalized spacial score (nSPS) is 28.4. The number of piperidine rings is 1. The summed E-state index contributed by atoms with van der Waals surface area (Å²) in [6, 6.07) is 3.07. The molecular formula is C16H18ClNO3. The van der Waals surface area contributed by atoms with Crippen LogP contribution in [-0.4, -0.2) is 28.6 Å². The molecule has 0 bridgehead atoms. The van der Waals surface area contributed by atoms with Crippen molar-refractivity contribution in [1.29, 1.82) is 0 Å². The maximum atomic E-state index is 11.5. The average Bonchev–Trinajstić information content (AvgIpc) is 2.44. The van der Waals surface area contributed by atoms with E-state index in [4.69, 9.17) is 11.6 Å². The molecule has 4 nitrogen and oxygen atoms in total. The highest BCUT2D eigenvalue weighted by Crippen LogP contribution is 2.36. The van der Waals surface area contributed by atoms with Crippen LogP contribution in [0.2, 0.25) is 5.02 Å².